The lowest BCUT2D eigenvalue weighted by atomic mass is 10.3. The molecular formula is C11H9ClN2O3. The van der Waals surface area contributed by atoms with E-state index in [0.29, 0.717) is 17.5 Å². The number of nitrogens with one attached hydrogen (secondary N) is 1. The predicted molar refractivity (Wildman–Crippen MR) is 62.2 cm³/mol. The zero-order chi connectivity index (χ0) is 12.3. The number of anilines is 1. The highest BCUT2D eigenvalue weighted by molar-refractivity contribution is 6.30. The molecule has 0 atom stereocenters. The maximum atomic E-state index is 10.6. The monoisotopic (exact) mass is 252 g/mol. The summed E-state index contributed by atoms with van der Waals surface area (Å²) in [7, 11) is 0. The van der Waals surface area contributed by atoms with Crippen LogP contribution in [0, 0.1) is 0 Å². The third-order valence-electron chi connectivity index (χ3n) is 2.06. The lowest BCUT2D eigenvalue weighted by molar-refractivity contribution is 0.0690. The van der Waals surface area contributed by atoms with Gasteiger partial charge in [0.25, 0.3) is 0 Å². The number of hydrogen-bond acceptors (Lipinski definition) is 4. The highest BCUT2D eigenvalue weighted by atomic mass is 35.5. The summed E-state index contributed by atoms with van der Waals surface area (Å²) in [6.07, 6.45) is 1.11. The number of carboxylic acids is 1. The normalized spacial score (nSPS) is 10.2. The Labute approximate surface area is 102 Å². The Hall–Kier alpha value is -2.01. The average Bonchev–Trinajstić information content (AvgIpc) is 2.77. The van der Waals surface area contributed by atoms with Gasteiger partial charge in [-0.25, -0.2) is 9.78 Å². The molecule has 0 unspecified atom stereocenters. The second-order valence-corrected chi connectivity index (χ2v) is 3.73. The second-order valence-electron chi connectivity index (χ2n) is 3.29. The van der Waals surface area contributed by atoms with Crippen molar-refractivity contribution in [1.82, 2.24) is 4.98 Å². The summed E-state index contributed by atoms with van der Waals surface area (Å²) in [5.41, 5.74) is 0.752. The van der Waals surface area contributed by atoms with Gasteiger partial charge < -0.3 is 14.8 Å². The third kappa shape index (κ3) is 2.98. The van der Waals surface area contributed by atoms with Crippen LogP contribution < -0.4 is 5.32 Å². The van der Waals surface area contributed by atoms with Crippen molar-refractivity contribution in [3.8, 4) is 0 Å². The molecule has 0 radical (unpaired) electrons. The zero-order valence-corrected chi connectivity index (χ0v) is 9.44. The van der Waals surface area contributed by atoms with Crippen LogP contribution in [0.4, 0.5) is 5.69 Å². The summed E-state index contributed by atoms with van der Waals surface area (Å²) in [4.78, 5) is 14.4. The molecule has 0 spiro atoms. The lowest BCUT2D eigenvalue weighted by Gasteiger charge is -2.02. The molecule has 2 rings (SSSR count). The van der Waals surface area contributed by atoms with E-state index in [9.17, 15) is 4.79 Å². The van der Waals surface area contributed by atoms with E-state index in [4.69, 9.17) is 21.1 Å². The first-order chi connectivity index (χ1) is 8.15. The van der Waals surface area contributed by atoms with Crippen LogP contribution in [0.1, 0.15) is 16.4 Å². The van der Waals surface area contributed by atoms with Crippen LogP contribution in [0.3, 0.4) is 0 Å². The number of oxazole rings is 1. The van der Waals surface area contributed by atoms with Crippen LogP contribution in [-0.2, 0) is 6.54 Å². The molecule has 0 bridgehead atoms. The molecule has 1 aromatic carbocycles. The molecule has 0 aliphatic rings. The van der Waals surface area contributed by atoms with Crippen molar-refractivity contribution >= 4 is 23.3 Å². The molecule has 17 heavy (non-hydrogen) atoms. The zero-order valence-electron chi connectivity index (χ0n) is 8.68. The van der Waals surface area contributed by atoms with Crippen LogP contribution in [0.15, 0.2) is 34.9 Å². The summed E-state index contributed by atoms with van der Waals surface area (Å²) in [5.74, 6) is -0.788. The van der Waals surface area contributed by atoms with Gasteiger partial charge in [0.1, 0.15) is 6.26 Å². The quantitative estimate of drug-likeness (QED) is 0.875. The van der Waals surface area contributed by atoms with Crippen molar-refractivity contribution in [1.29, 1.82) is 0 Å². The van der Waals surface area contributed by atoms with E-state index in [1.54, 1.807) is 12.1 Å². The number of halogens is 1. The van der Waals surface area contributed by atoms with Gasteiger partial charge in [0.15, 0.2) is 5.69 Å². The Kier molecular flexibility index (Phi) is 3.30. The van der Waals surface area contributed by atoms with Crippen LogP contribution in [0.5, 0.6) is 0 Å². The molecule has 1 aromatic heterocycles. The minimum absolute atomic E-state index is 0.0992. The Morgan fingerprint density at radius 3 is 2.71 bits per heavy atom. The van der Waals surface area contributed by atoms with E-state index in [1.165, 1.54) is 0 Å². The van der Waals surface area contributed by atoms with Gasteiger partial charge in [-0.2, -0.15) is 0 Å². The molecule has 0 aliphatic heterocycles. The van der Waals surface area contributed by atoms with Gasteiger partial charge in [0.05, 0.1) is 6.54 Å². The number of aromatic carboxylic acids is 1. The summed E-state index contributed by atoms with van der Waals surface area (Å²) in [6.45, 7) is 0.314. The molecule has 0 saturated carbocycles. The number of hydrogen-bond donors (Lipinski definition) is 2. The summed E-state index contributed by atoms with van der Waals surface area (Å²) in [6, 6.07) is 7.12. The van der Waals surface area contributed by atoms with Crippen molar-refractivity contribution in [2.75, 3.05) is 5.32 Å². The van der Waals surface area contributed by atoms with Crippen molar-refractivity contribution < 1.29 is 14.3 Å². The fourth-order valence-electron chi connectivity index (χ4n) is 1.24. The van der Waals surface area contributed by atoms with Crippen LogP contribution in [0.25, 0.3) is 0 Å². The molecule has 0 aliphatic carbocycles. The average molecular weight is 253 g/mol. The SMILES string of the molecule is O=C(O)c1coc(CNc2ccc(Cl)cc2)n1. The minimum atomic E-state index is -1.11. The first kappa shape index (κ1) is 11.5. The van der Waals surface area contributed by atoms with E-state index in [0.717, 1.165) is 12.0 Å². The number of carbonyl (C=O) groups is 1. The van der Waals surface area contributed by atoms with Crippen LogP contribution >= 0.6 is 11.6 Å². The first-order valence-corrected chi connectivity index (χ1v) is 5.20. The molecule has 0 fully saturated rings. The number of benzene rings is 1. The van der Waals surface area contributed by atoms with Gasteiger partial charge in [0, 0.05) is 10.7 Å². The molecule has 1 heterocycles. The Bertz CT molecular complexity index is 522. The number of nitrogens with zero attached hydrogens (tertiary/aromatic N) is 1. The molecule has 0 amide bonds. The smallest absolute Gasteiger partial charge is 0.357 e. The van der Waals surface area contributed by atoms with Crippen molar-refractivity contribution in [2.24, 2.45) is 0 Å². The fourth-order valence-corrected chi connectivity index (χ4v) is 1.36. The number of carboxylic acid groups (broad SMARTS) is 1. The maximum absolute atomic E-state index is 10.6. The largest absolute Gasteiger partial charge is 0.476 e. The lowest BCUT2D eigenvalue weighted by Crippen LogP contribution is -2.01. The minimum Gasteiger partial charge on any atom is -0.476 e. The Morgan fingerprint density at radius 1 is 1.41 bits per heavy atom. The molecule has 0 saturated heterocycles. The molecule has 5 nitrogen and oxygen atoms in total. The van der Waals surface area contributed by atoms with Gasteiger partial charge in [0.2, 0.25) is 5.89 Å². The number of rotatable bonds is 4. The molecule has 2 N–H and O–H groups in total. The topological polar surface area (TPSA) is 75.4 Å². The standard InChI is InChI=1S/C11H9ClN2O3/c12-7-1-3-8(4-2-7)13-5-10-14-9(6-17-10)11(15)16/h1-4,6,13H,5H2,(H,15,16). The molecular weight excluding hydrogens is 244 g/mol. The van der Waals surface area contributed by atoms with Gasteiger partial charge in [-0.1, -0.05) is 11.6 Å². The second kappa shape index (κ2) is 4.88. The van der Waals surface area contributed by atoms with E-state index in [-0.39, 0.29) is 5.69 Å². The summed E-state index contributed by atoms with van der Waals surface area (Å²) >= 11 is 5.74. The van der Waals surface area contributed by atoms with Crippen molar-refractivity contribution in [3.63, 3.8) is 0 Å². The van der Waals surface area contributed by atoms with E-state index in [1.807, 2.05) is 12.1 Å². The van der Waals surface area contributed by atoms with E-state index < -0.39 is 5.97 Å². The van der Waals surface area contributed by atoms with Gasteiger partial charge in [-0.05, 0) is 24.3 Å². The maximum Gasteiger partial charge on any atom is 0.357 e. The Balaban J connectivity index is 1.97. The molecule has 88 valence electrons. The highest BCUT2D eigenvalue weighted by Gasteiger charge is 2.09. The summed E-state index contributed by atoms with van der Waals surface area (Å²) in [5, 5.41) is 12.3. The van der Waals surface area contributed by atoms with E-state index in [2.05, 4.69) is 10.3 Å². The Morgan fingerprint density at radius 2 is 2.12 bits per heavy atom. The summed E-state index contributed by atoms with van der Waals surface area (Å²) < 4.78 is 4.99. The van der Waals surface area contributed by atoms with Gasteiger partial charge in [-0.3, -0.25) is 0 Å². The predicted octanol–water partition coefficient (Wildman–Crippen LogP) is 2.64. The van der Waals surface area contributed by atoms with Gasteiger partial charge >= 0.3 is 5.97 Å². The van der Waals surface area contributed by atoms with Crippen molar-refractivity contribution in [3.05, 3.63) is 47.1 Å². The van der Waals surface area contributed by atoms with Crippen molar-refractivity contribution in [2.45, 2.75) is 6.54 Å². The van der Waals surface area contributed by atoms with Crippen LogP contribution in [0.2, 0.25) is 5.02 Å². The van der Waals surface area contributed by atoms with E-state index >= 15 is 0 Å². The van der Waals surface area contributed by atoms with Gasteiger partial charge in [-0.15, -0.1) is 0 Å². The fraction of sp³-hybridized carbons (Fsp3) is 0.0909. The highest BCUT2D eigenvalue weighted by Crippen LogP contribution is 2.14. The number of aromatic nitrogens is 1. The first-order valence-electron chi connectivity index (χ1n) is 4.82. The molecule has 6 heteroatoms. The third-order valence-corrected chi connectivity index (χ3v) is 2.31. The molecule has 2 aromatic rings. The van der Waals surface area contributed by atoms with Crippen LogP contribution in [-0.4, -0.2) is 16.1 Å².